The first-order valence-electron chi connectivity index (χ1n) is 6.86. The van der Waals surface area contributed by atoms with E-state index in [9.17, 15) is 0 Å². The van der Waals surface area contributed by atoms with E-state index < -0.39 is 0 Å². The van der Waals surface area contributed by atoms with E-state index in [-0.39, 0.29) is 6.10 Å². The predicted octanol–water partition coefficient (Wildman–Crippen LogP) is 3.06. The number of aliphatic imine (C=N–C) groups is 1. The van der Waals surface area contributed by atoms with Gasteiger partial charge < -0.3 is 10.6 Å². The van der Waals surface area contributed by atoms with Crippen molar-refractivity contribution in [1.29, 1.82) is 0 Å². The van der Waals surface area contributed by atoms with Gasteiger partial charge in [-0.15, -0.1) is 0 Å². The molecule has 1 saturated heterocycles. The SMILES string of the molecule is Cc1cc(Br)ccc1/C(C=NCC1CCCCO1)=N/N. The third-order valence-electron chi connectivity index (χ3n) is 3.40. The van der Waals surface area contributed by atoms with Gasteiger partial charge in [0.15, 0.2) is 0 Å². The summed E-state index contributed by atoms with van der Waals surface area (Å²) in [6.45, 7) is 3.56. The fourth-order valence-corrected chi connectivity index (χ4v) is 2.77. The van der Waals surface area contributed by atoms with Gasteiger partial charge >= 0.3 is 0 Å². The largest absolute Gasteiger partial charge is 0.376 e. The molecule has 108 valence electrons. The quantitative estimate of drug-likeness (QED) is 0.521. The van der Waals surface area contributed by atoms with Gasteiger partial charge in [0.05, 0.1) is 12.6 Å². The lowest BCUT2D eigenvalue weighted by atomic mass is 10.0. The number of hydrazone groups is 1. The van der Waals surface area contributed by atoms with E-state index >= 15 is 0 Å². The molecule has 0 amide bonds. The van der Waals surface area contributed by atoms with Crippen molar-refractivity contribution in [2.75, 3.05) is 13.2 Å². The number of aryl methyl sites for hydroxylation is 1. The van der Waals surface area contributed by atoms with Crippen LogP contribution < -0.4 is 5.84 Å². The summed E-state index contributed by atoms with van der Waals surface area (Å²) in [6.07, 6.45) is 5.46. The number of ether oxygens (including phenoxy) is 1. The van der Waals surface area contributed by atoms with Gasteiger partial charge in [-0.1, -0.05) is 22.0 Å². The van der Waals surface area contributed by atoms with Crippen LogP contribution in [0.5, 0.6) is 0 Å². The van der Waals surface area contributed by atoms with Gasteiger partial charge in [-0.25, -0.2) is 0 Å². The molecular formula is C15H20BrN3O. The molecule has 1 unspecified atom stereocenters. The minimum atomic E-state index is 0.241. The standard InChI is InChI=1S/C15H20BrN3O/c1-11-8-12(16)5-6-14(11)15(19-17)10-18-9-13-4-2-3-7-20-13/h5-6,8,10,13H,2-4,7,9,17H2,1H3/b18-10?,19-15+. The van der Waals surface area contributed by atoms with Crippen LogP contribution in [0.4, 0.5) is 0 Å². The first-order chi connectivity index (χ1) is 9.70. The maximum Gasteiger partial charge on any atom is 0.108 e. The second kappa shape index (κ2) is 7.55. The van der Waals surface area contributed by atoms with E-state index in [1.807, 2.05) is 25.1 Å². The minimum absolute atomic E-state index is 0.241. The monoisotopic (exact) mass is 337 g/mol. The lowest BCUT2D eigenvalue weighted by molar-refractivity contribution is 0.0226. The summed E-state index contributed by atoms with van der Waals surface area (Å²) in [6, 6.07) is 6.01. The average molecular weight is 338 g/mol. The van der Waals surface area contributed by atoms with Gasteiger partial charge in [0.25, 0.3) is 0 Å². The van der Waals surface area contributed by atoms with E-state index in [0.717, 1.165) is 35.0 Å². The van der Waals surface area contributed by atoms with Crippen molar-refractivity contribution in [2.45, 2.75) is 32.3 Å². The normalized spacial score (nSPS) is 20.5. The lowest BCUT2D eigenvalue weighted by Gasteiger charge is -2.20. The molecule has 0 spiro atoms. The first-order valence-corrected chi connectivity index (χ1v) is 7.66. The third-order valence-corrected chi connectivity index (χ3v) is 3.89. The molecule has 5 heteroatoms. The zero-order valence-electron chi connectivity index (χ0n) is 11.7. The Hall–Kier alpha value is -1.20. The van der Waals surface area contributed by atoms with Gasteiger partial charge in [0.1, 0.15) is 5.71 Å². The number of nitrogens with zero attached hydrogens (tertiary/aromatic N) is 2. The molecule has 0 saturated carbocycles. The zero-order chi connectivity index (χ0) is 14.4. The summed E-state index contributed by atoms with van der Waals surface area (Å²) >= 11 is 3.45. The summed E-state index contributed by atoms with van der Waals surface area (Å²) in [4.78, 5) is 4.43. The highest BCUT2D eigenvalue weighted by atomic mass is 79.9. The van der Waals surface area contributed by atoms with Crippen LogP contribution >= 0.6 is 15.9 Å². The van der Waals surface area contributed by atoms with Crippen molar-refractivity contribution in [1.82, 2.24) is 0 Å². The number of nitrogens with two attached hydrogens (primary N) is 1. The van der Waals surface area contributed by atoms with E-state index in [4.69, 9.17) is 10.6 Å². The molecule has 0 bridgehead atoms. The summed E-state index contributed by atoms with van der Waals surface area (Å²) < 4.78 is 6.69. The number of halogens is 1. The Labute approximate surface area is 128 Å². The second-order valence-electron chi connectivity index (χ2n) is 4.96. The molecule has 1 aliphatic rings. The number of benzene rings is 1. The van der Waals surface area contributed by atoms with E-state index in [1.54, 1.807) is 6.21 Å². The minimum Gasteiger partial charge on any atom is -0.376 e. The summed E-state index contributed by atoms with van der Waals surface area (Å²) in [5.41, 5.74) is 2.82. The fourth-order valence-electron chi connectivity index (χ4n) is 2.30. The summed E-state index contributed by atoms with van der Waals surface area (Å²) in [5, 5.41) is 3.84. The molecule has 1 heterocycles. The maximum absolute atomic E-state index is 5.65. The van der Waals surface area contributed by atoms with Crippen LogP contribution in [0.3, 0.4) is 0 Å². The predicted molar refractivity (Wildman–Crippen MR) is 86.6 cm³/mol. The van der Waals surface area contributed by atoms with Gasteiger partial charge in [-0.3, -0.25) is 4.99 Å². The van der Waals surface area contributed by atoms with Crippen molar-refractivity contribution in [3.8, 4) is 0 Å². The van der Waals surface area contributed by atoms with Crippen LogP contribution in [0.25, 0.3) is 0 Å². The molecule has 1 atom stereocenters. The topological polar surface area (TPSA) is 60.0 Å². The fraction of sp³-hybridized carbons (Fsp3) is 0.467. The molecule has 1 aromatic carbocycles. The Morgan fingerprint density at radius 2 is 2.35 bits per heavy atom. The first kappa shape index (κ1) is 15.2. The van der Waals surface area contributed by atoms with E-state index in [0.29, 0.717) is 12.3 Å². The van der Waals surface area contributed by atoms with E-state index in [2.05, 4.69) is 26.0 Å². The van der Waals surface area contributed by atoms with Gasteiger partial charge in [0.2, 0.25) is 0 Å². The molecule has 1 fully saturated rings. The van der Waals surface area contributed by atoms with Crippen molar-refractivity contribution in [2.24, 2.45) is 15.9 Å². The van der Waals surface area contributed by atoms with Crippen molar-refractivity contribution in [3.05, 3.63) is 33.8 Å². The molecule has 4 nitrogen and oxygen atoms in total. The summed E-state index contributed by atoms with van der Waals surface area (Å²) in [5.74, 6) is 5.48. The highest BCUT2D eigenvalue weighted by molar-refractivity contribution is 9.10. The van der Waals surface area contributed by atoms with Crippen molar-refractivity contribution < 1.29 is 4.74 Å². The smallest absolute Gasteiger partial charge is 0.108 e. The molecule has 1 aromatic rings. The summed E-state index contributed by atoms with van der Waals surface area (Å²) in [7, 11) is 0. The number of rotatable bonds is 4. The molecule has 1 aliphatic heterocycles. The van der Waals surface area contributed by atoms with Crippen LogP contribution in [-0.2, 0) is 4.74 Å². The Morgan fingerprint density at radius 1 is 1.50 bits per heavy atom. The molecule has 0 aliphatic carbocycles. The Kier molecular flexibility index (Phi) is 5.73. The van der Waals surface area contributed by atoms with Gasteiger partial charge in [-0.2, -0.15) is 5.10 Å². The molecular weight excluding hydrogens is 318 g/mol. The van der Waals surface area contributed by atoms with Crippen LogP contribution in [0, 0.1) is 6.92 Å². The third kappa shape index (κ3) is 4.15. The number of hydrogen-bond acceptors (Lipinski definition) is 4. The highest BCUT2D eigenvalue weighted by Crippen LogP contribution is 2.16. The van der Waals surface area contributed by atoms with Crippen molar-refractivity contribution >= 4 is 27.9 Å². The van der Waals surface area contributed by atoms with Crippen LogP contribution in [0.2, 0.25) is 0 Å². The Morgan fingerprint density at radius 3 is 3.00 bits per heavy atom. The number of hydrogen-bond donors (Lipinski definition) is 1. The zero-order valence-corrected chi connectivity index (χ0v) is 13.3. The van der Waals surface area contributed by atoms with Crippen LogP contribution in [-0.4, -0.2) is 31.2 Å². The maximum atomic E-state index is 5.65. The average Bonchev–Trinajstić information content (AvgIpc) is 2.46. The highest BCUT2D eigenvalue weighted by Gasteiger charge is 2.12. The van der Waals surface area contributed by atoms with Crippen molar-refractivity contribution in [3.63, 3.8) is 0 Å². The van der Waals surface area contributed by atoms with Crippen LogP contribution in [0.1, 0.15) is 30.4 Å². The van der Waals surface area contributed by atoms with Crippen LogP contribution in [0.15, 0.2) is 32.8 Å². The molecule has 20 heavy (non-hydrogen) atoms. The second-order valence-corrected chi connectivity index (χ2v) is 5.87. The Bertz CT molecular complexity index is 508. The molecule has 2 N–H and O–H groups in total. The Balaban J connectivity index is 2.01. The molecule has 2 rings (SSSR count). The van der Waals surface area contributed by atoms with Gasteiger partial charge in [-0.05, 0) is 43.9 Å². The van der Waals surface area contributed by atoms with Gasteiger partial charge in [0, 0.05) is 22.9 Å². The van der Waals surface area contributed by atoms with E-state index in [1.165, 1.54) is 6.42 Å². The molecule has 0 aromatic heterocycles. The lowest BCUT2D eigenvalue weighted by Crippen LogP contribution is -2.22. The molecule has 0 radical (unpaired) electrons.